The molecule has 1 aromatic heterocycles. The molecule has 4 heteroatoms. The van der Waals surface area contributed by atoms with E-state index in [1.807, 2.05) is 0 Å². The van der Waals surface area contributed by atoms with Gasteiger partial charge in [-0.2, -0.15) is 0 Å². The Morgan fingerprint density at radius 3 is 3.06 bits per heavy atom. The lowest BCUT2D eigenvalue weighted by atomic mass is 10.1. The first-order chi connectivity index (χ1) is 7.69. The normalized spacial score (nSPS) is 12.9. The molecule has 2 aromatic rings. The van der Waals surface area contributed by atoms with E-state index < -0.39 is 0 Å². The summed E-state index contributed by atoms with van der Waals surface area (Å²) in [5.41, 5.74) is 0.733. The predicted octanol–water partition coefficient (Wildman–Crippen LogP) is 3.89. The summed E-state index contributed by atoms with van der Waals surface area (Å²) < 4.78 is 14.0. The standard InChI is InChI=1S/C12H15FN2S/c1-3-8(2)7-14-12-15-10-6-9(13)4-5-11(10)16-12/h4-6,8H,3,7H2,1-2H3,(H,14,15). The van der Waals surface area contributed by atoms with Gasteiger partial charge in [-0.25, -0.2) is 9.37 Å². The van der Waals surface area contributed by atoms with Crippen LogP contribution in [-0.4, -0.2) is 11.5 Å². The van der Waals surface area contributed by atoms with Crippen LogP contribution in [0.2, 0.25) is 0 Å². The Bertz CT molecular complexity index is 481. The average molecular weight is 238 g/mol. The van der Waals surface area contributed by atoms with Crippen LogP contribution in [0.1, 0.15) is 20.3 Å². The number of hydrogen-bond acceptors (Lipinski definition) is 3. The highest BCUT2D eigenvalue weighted by Crippen LogP contribution is 2.26. The van der Waals surface area contributed by atoms with Crippen molar-refractivity contribution < 1.29 is 4.39 Å². The summed E-state index contributed by atoms with van der Waals surface area (Å²) in [6.07, 6.45) is 1.15. The van der Waals surface area contributed by atoms with Gasteiger partial charge in [0.15, 0.2) is 5.13 Å². The highest BCUT2D eigenvalue weighted by Gasteiger charge is 2.05. The van der Waals surface area contributed by atoms with Gasteiger partial charge in [0.05, 0.1) is 10.2 Å². The lowest BCUT2D eigenvalue weighted by Crippen LogP contribution is -2.09. The van der Waals surface area contributed by atoms with Crippen LogP contribution in [0.15, 0.2) is 18.2 Å². The van der Waals surface area contributed by atoms with E-state index in [0.717, 1.165) is 28.3 Å². The van der Waals surface area contributed by atoms with Crippen molar-refractivity contribution >= 4 is 26.7 Å². The summed E-state index contributed by atoms with van der Waals surface area (Å²) >= 11 is 1.57. The predicted molar refractivity (Wildman–Crippen MR) is 67.5 cm³/mol. The summed E-state index contributed by atoms with van der Waals surface area (Å²) in [4.78, 5) is 4.35. The first kappa shape index (κ1) is 11.3. The minimum Gasteiger partial charge on any atom is -0.361 e. The number of aromatic nitrogens is 1. The molecule has 0 spiro atoms. The Labute approximate surface area is 98.5 Å². The molecule has 0 aliphatic heterocycles. The van der Waals surface area contributed by atoms with Gasteiger partial charge in [0.25, 0.3) is 0 Å². The van der Waals surface area contributed by atoms with E-state index in [-0.39, 0.29) is 5.82 Å². The summed E-state index contributed by atoms with van der Waals surface area (Å²) in [5.74, 6) is 0.398. The molecule has 2 nitrogen and oxygen atoms in total. The van der Waals surface area contributed by atoms with Gasteiger partial charge in [-0.05, 0) is 18.1 Å². The lowest BCUT2D eigenvalue weighted by molar-refractivity contribution is 0.593. The lowest BCUT2D eigenvalue weighted by Gasteiger charge is -2.07. The van der Waals surface area contributed by atoms with Crippen molar-refractivity contribution in [3.05, 3.63) is 24.0 Å². The largest absolute Gasteiger partial charge is 0.361 e. The number of halogens is 1. The Morgan fingerprint density at radius 2 is 2.31 bits per heavy atom. The monoisotopic (exact) mass is 238 g/mol. The van der Waals surface area contributed by atoms with Gasteiger partial charge >= 0.3 is 0 Å². The Kier molecular flexibility index (Phi) is 3.39. The third-order valence-corrected chi connectivity index (χ3v) is 3.64. The Hall–Kier alpha value is -1.16. The fraction of sp³-hybridized carbons (Fsp3) is 0.417. The molecule has 86 valence electrons. The number of nitrogens with one attached hydrogen (secondary N) is 1. The quantitative estimate of drug-likeness (QED) is 0.874. The van der Waals surface area contributed by atoms with Crippen LogP contribution in [0, 0.1) is 11.7 Å². The SMILES string of the molecule is CCC(C)CNc1nc2cc(F)ccc2s1. The Balaban J connectivity index is 2.13. The van der Waals surface area contributed by atoms with Crippen LogP contribution in [0.3, 0.4) is 0 Å². The molecule has 1 atom stereocenters. The summed E-state index contributed by atoms with van der Waals surface area (Å²) in [5, 5.41) is 4.17. The molecule has 0 aliphatic carbocycles. The number of anilines is 1. The molecule has 0 aliphatic rings. The summed E-state index contributed by atoms with van der Waals surface area (Å²) in [6, 6.07) is 4.72. The number of nitrogens with zero attached hydrogens (tertiary/aromatic N) is 1. The maximum Gasteiger partial charge on any atom is 0.183 e. The minimum absolute atomic E-state index is 0.230. The molecule has 0 fully saturated rings. The van der Waals surface area contributed by atoms with E-state index in [4.69, 9.17) is 0 Å². The average Bonchev–Trinajstić information content (AvgIpc) is 2.67. The maximum absolute atomic E-state index is 13.0. The smallest absolute Gasteiger partial charge is 0.183 e. The number of rotatable bonds is 4. The topological polar surface area (TPSA) is 24.9 Å². The number of hydrogen-bond donors (Lipinski definition) is 1. The van der Waals surface area contributed by atoms with E-state index in [9.17, 15) is 4.39 Å². The second kappa shape index (κ2) is 4.78. The highest BCUT2D eigenvalue weighted by molar-refractivity contribution is 7.22. The number of fused-ring (bicyclic) bond motifs is 1. The fourth-order valence-electron chi connectivity index (χ4n) is 1.38. The van der Waals surface area contributed by atoms with Crippen LogP contribution in [0.25, 0.3) is 10.2 Å². The molecule has 2 rings (SSSR count). The zero-order chi connectivity index (χ0) is 11.5. The van der Waals surface area contributed by atoms with E-state index in [1.165, 1.54) is 12.1 Å². The third kappa shape index (κ3) is 2.50. The number of thiazole rings is 1. The molecule has 1 heterocycles. The van der Waals surface area contributed by atoms with E-state index in [1.54, 1.807) is 17.4 Å². The van der Waals surface area contributed by atoms with Crippen molar-refractivity contribution in [3.63, 3.8) is 0 Å². The van der Waals surface area contributed by atoms with E-state index in [0.29, 0.717) is 5.92 Å². The minimum atomic E-state index is -0.230. The fourth-order valence-corrected chi connectivity index (χ4v) is 2.24. The van der Waals surface area contributed by atoms with Crippen LogP contribution in [0.5, 0.6) is 0 Å². The van der Waals surface area contributed by atoms with E-state index in [2.05, 4.69) is 24.1 Å². The van der Waals surface area contributed by atoms with Crippen molar-refractivity contribution in [1.29, 1.82) is 0 Å². The summed E-state index contributed by atoms with van der Waals surface area (Å²) in [7, 11) is 0. The maximum atomic E-state index is 13.0. The van der Waals surface area contributed by atoms with Gasteiger partial charge in [-0.3, -0.25) is 0 Å². The van der Waals surface area contributed by atoms with Crippen molar-refractivity contribution in [3.8, 4) is 0 Å². The van der Waals surface area contributed by atoms with Gasteiger partial charge in [-0.15, -0.1) is 0 Å². The van der Waals surface area contributed by atoms with Crippen LogP contribution in [0.4, 0.5) is 9.52 Å². The first-order valence-corrected chi connectivity index (χ1v) is 6.30. The second-order valence-electron chi connectivity index (χ2n) is 4.03. The molecule has 0 radical (unpaired) electrons. The van der Waals surface area contributed by atoms with Gasteiger partial charge in [-0.1, -0.05) is 31.6 Å². The molecular formula is C12H15FN2S. The zero-order valence-corrected chi connectivity index (χ0v) is 10.3. The van der Waals surface area contributed by atoms with Crippen molar-refractivity contribution in [2.45, 2.75) is 20.3 Å². The van der Waals surface area contributed by atoms with Crippen LogP contribution in [-0.2, 0) is 0 Å². The molecule has 1 unspecified atom stereocenters. The molecule has 0 amide bonds. The first-order valence-electron chi connectivity index (χ1n) is 5.49. The van der Waals surface area contributed by atoms with Crippen molar-refractivity contribution in [2.75, 3.05) is 11.9 Å². The van der Waals surface area contributed by atoms with Gasteiger partial charge in [0.2, 0.25) is 0 Å². The van der Waals surface area contributed by atoms with Crippen molar-refractivity contribution in [1.82, 2.24) is 4.98 Å². The third-order valence-electron chi connectivity index (χ3n) is 2.65. The second-order valence-corrected chi connectivity index (χ2v) is 5.06. The molecule has 0 saturated carbocycles. The molecule has 1 aromatic carbocycles. The van der Waals surface area contributed by atoms with Crippen molar-refractivity contribution in [2.24, 2.45) is 5.92 Å². The molecule has 0 saturated heterocycles. The number of benzene rings is 1. The van der Waals surface area contributed by atoms with Gasteiger partial charge < -0.3 is 5.32 Å². The van der Waals surface area contributed by atoms with Crippen LogP contribution < -0.4 is 5.32 Å². The Morgan fingerprint density at radius 1 is 1.50 bits per heavy atom. The molecular weight excluding hydrogens is 223 g/mol. The molecule has 0 bridgehead atoms. The molecule has 1 N–H and O–H groups in total. The molecule has 16 heavy (non-hydrogen) atoms. The van der Waals surface area contributed by atoms with Crippen LogP contribution >= 0.6 is 11.3 Å². The summed E-state index contributed by atoms with van der Waals surface area (Å²) in [6.45, 7) is 5.28. The highest BCUT2D eigenvalue weighted by atomic mass is 32.1. The van der Waals surface area contributed by atoms with Gasteiger partial charge in [0.1, 0.15) is 5.82 Å². The van der Waals surface area contributed by atoms with Gasteiger partial charge in [0, 0.05) is 12.6 Å². The van der Waals surface area contributed by atoms with E-state index >= 15 is 0 Å². The zero-order valence-electron chi connectivity index (χ0n) is 9.46.